The lowest BCUT2D eigenvalue weighted by atomic mass is 9.63. The van der Waals surface area contributed by atoms with Gasteiger partial charge in [0.05, 0.1) is 11.0 Å². The molecule has 0 amide bonds. The maximum Gasteiger partial charge on any atom is 0.138 e. The summed E-state index contributed by atoms with van der Waals surface area (Å²) < 4.78 is 0. The van der Waals surface area contributed by atoms with Crippen LogP contribution in [0.3, 0.4) is 0 Å². The standard InChI is InChI=1S/C22H26N2/c1-14-6-9-18-19(12-14)24-20(23-18)15-7-8-16-17(13-15)22(4,5)11-10-21(16,2)3/h6-9,12-13H,10-11H2,1-5H3,(H,23,24). The molecule has 0 saturated heterocycles. The predicted octanol–water partition coefficient (Wildman–Crippen LogP) is 5.89. The van der Waals surface area contributed by atoms with Gasteiger partial charge in [-0.25, -0.2) is 4.98 Å². The Kier molecular flexibility index (Phi) is 3.19. The number of rotatable bonds is 1. The van der Waals surface area contributed by atoms with Crippen LogP contribution in [-0.2, 0) is 10.8 Å². The molecule has 0 atom stereocenters. The van der Waals surface area contributed by atoms with Crippen molar-refractivity contribution in [2.24, 2.45) is 0 Å². The first-order valence-electron chi connectivity index (χ1n) is 8.88. The molecule has 1 heterocycles. The van der Waals surface area contributed by atoms with Gasteiger partial charge in [-0.15, -0.1) is 0 Å². The SMILES string of the molecule is Cc1ccc2nc(-c3ccc4c(c3)C(C)(C)CCC4(C)C)[nH]c2c1. The molecule has 0 radical (unpaired) electrons. The number of nitrogens with zero attached hydrogens (tertiary/aromatic N) is 1. The molecule has 0 unspecified atom stereocenters. The van der Waals surface area contributed by atoms with Gasteiger partial charge < -0.3 is 4.98 Å². The highest BCUT2D eigenvalue weighted by molar-refractivity contribution is 5.80. The van der Waals surface area contributed by atoms with E-state index in [-0.39, 0.29) is 10.8 Å². The minimum Gasteiger partial charge on any atom is -0.338 e. The highest BCUT2D eigenvalue weighted by Gasteiger charge is 2.37. The van der Waals surface area contributed by atoms with Crippen molar-refractivity contribution in [2.75, 3.05) is 0 Å². The van der Waals surface area contributed by atoms with Crippen molar-refractivity contribution in [3.05, 3.63) is 53.1 Å². The Morgan fingerprint density at radius 1 is 0.875 bits per heavy atom. The molecule has 1 aliphatic rings. The van der Waals surface area contributed by atoms with E-state index in [9.17, 15) is 0 Å². The summed E-state index contributed by atoms with van der Waals surface area (Å²) in [6.45, 7) is 11.6. The van der Waals surface area contributed by atoms with Crippen molar-refractivity contribution in [1.82, 2.24) is 9.97 Å². The normalized spacial score (nSPS) is 18.5. The van der Waals surface area contributed by atoms with E-state index in [0.717, 1.165) is 16.9 Å². The van der Waals surface area contributed by atoms with Gasteiger partial charge >= 0.3 is 0 Å². The Bertz CT molecular complexity index is 928. The second kappa shape index (κ2) is 4.95. The third-order valence-corrected chi connectivity index (χ3v) is 5.76. The largest absolute Gasteiger partial charge is 0.338 e. The van der Waals surface area contributed by atoms with Crippen LogP contribution in [0.1, 0.15) is 57.2 Å². The first-order chi connectivity index (χ1) is 11.3. The Morgan fingerprint density at radius 3 is 2.33 bits per heavy atom. The first kappa shape index (κ1) is 15.4. The molecule has 3 aromatic rings. The zero-order chi connectivity index (χ0) is 17.1. The topological polar surface area (TPSA) is 28.7 Å². The highest BCUT2D eigenvalue weighted by atomic mass is 14.9. The summed E-state index contributed by atoms with van der Waals surface area (Å²) in [5.74, 6) is 0.970. The molecule has 0 aliphatic heterocycles. The van der Waals surface area contributed by atoms with Gasteiger partial charge in [-0.2, -0.15) is 0 Å². The summed E-state index contributed by atoms with van der Waals surface area (Å²) in [6, 6.07) is 13.3. The monoisotopic (exact) mass is 318 g/mol. The lowest BCUT2D eigenvalue weighted by Crippen LogP contribution is -2.33. The van der Waals surface area contributed by atoms with Crippen molar-refractivity contribution in [1.29, 1.82) is 0 Å². The van der Waals surface area contributed by atoms with Crippen LogP contribution in [0.2, 0.25) is 0 Å². The molecule has 1 aliphatic carbocycles. The average Bonchev–Trinajstić information content (AvgIpc) is 2.95. The molecule has 1 aromatic heterocycles. The predicted molar refractivity (Wildman–Crippen MR) is 102 cm³/mol. The van der Waals surface area contributed by atoms with Gasteiger partial charge in [0.2, 0.25) is 0 Å². The van der Waals surface area contributed by atoms with Crippen molar-refractivity contribution in [2.45, 2.75) is 58.3 Å². The molecule has 1 N–H and O–H groups in total. The Labute approximate surface area is 144 Å². The van der Waals surface area contributed by atoms with Crippen molar-refractivity contribution < 1.29 is 0 Å². The van der Waals surface area contributed by atoms with Crippen LogP contribution >= 0.6 is 0 Å². The van der Waals surface area contributed by atoms with Crippen LogP contribution in [0.5, 0.6) is 0 Å². The number of hydrogen-bond donors (Lipinski definition) is 1. The average molecular weight is 318 g/mol. The highest BCUT2D eigenvalue weighted by Crippen LogP contribution is 2.46. The van der Waals surface area contributed by atoms with Gasteiger partial charge in [0, 0.05) is 5.56 Å². The van der Waals surface area contributed by atoms with Crippen LogP contribution in [0, 0.1) is 6.92 Å². The fourth-order valence-electron chi connectivity index (χ4n) is 4.00. The smallest absolute Gasteiger partial charge is 0.138 e. The van der Waals surface area contributed by atoms with E-state index in [1.165, 1.54) is 35.1 Å². The lowest BCUT2D eigenvalue weighted by Gasteiger charge is -2.42. The van der Waals surface area contributed by atoms with Crippen LogP contribution < -0.4 is 0 Å². The number of nitrogens with one attached hydrogen (secondary N) is 1. The molecule has 0 spiro atoms. The van der Waals surface area contributed by atoms with Crippen LogP contribution in [0.15, 0.2) is 36.4 Å². The first-order valence-corrected chi connectivity index (χ1v) is 8.88. The summed E-state index contributed by atoms with van der Waals surface area (Å²) >= 11 is 0. The fraction of sp³-hybridized carbons (Fsp3) is 0.409. The quantitative estimate of drug-likeness (QED) is 0.595. The number of aromatic amines is 1. The van der Waals surface area contributed by atoms with E-state index in [4.69, 9.17) is 4.98 Å². The molecular weight excluding hydrogens is 292 g/mol. The van der Waals surface area contributed by atoms with Gasteiger partial charge in [0.1, 0.15) is 5.82 Å². The second-order valence-corrected chi connectivity index (χ2v) is 8.63. The third kappa shape index (κ3) is 2.36. The number of benzene rings is 2. The number of fused-ring (bicyclic) bond motifs is 2. The second-order valence-electron chi connectivity index (χ2n) is 8.63. The number of aryl methyl sites for hydroxylation is 1. The number of aromatic nitrogens is 2. The number of H-pyrrole nitrogens is 1. The summed E-state index contributed by atoms with van der Waals surface area (Å²) in [5.41, 5.74) is 8.05. The molecule has 2 heteroatoms. The van der Waals surface area contributed by atoms with Crippen LogP contribution in [0.4, 0.5) is 0 Å². The molecule has 2 nitrogen and oxygen atoms in total. The molecule has 0 fully saturated rings. The van der Waals surface area contributed by atoms with E-state index >= 15 is 0 Å². The summed E-state index contributed by atoms with van der Waals surface area (Å²) in [5, 5.41) is 0. The van der Waals surface area contributed by atoms with Gasteiger partial charge in [0.25, 0.3) is 0 Å². The maximum atomic E-state index is 4.80. The summed E-state index contributed by atoms with van der Waals surface area (Å²) in [4.78, 5) is 8.30. The lowest BCUT2D eigenvalue weighted by molar-refractivity contribution is 0.332. The van der Waals surface area contributed by atoms with E-state index in [1.807, 2.05) is 0 Å². The van der Waals surface area contributed by atoms with Gasteiger partial charge in [-0.05, 0) is 65.5 Å². The Hall–Kier alpha value is -2.09. The number of hydrogen-bond acceptors (Lipinski definition) is 1. The minimum atomic E-state index is 0.226. The van der Waals surface area contributed by atoms with Gasteiger partial charge in [0.15, 0.2) is 0 Å². The zero-order valence-electron chi connectivity index (χ0n) is 15.3. The third-order valence-electron chi connectivity index (χ3n) is 5.76. The Morgan fingerprint density at radius 2 is 1.58 bits per heavy atom. The molecule has 4 rings (SSSR count). The Balaban J connectivity index is 1.87. The van der Waals surface area contributed by atoms with Gasteiger partial charge in [-0.3, -0.25) is 0 Å². The molecular formula is C22H26N2. The molecule has 2 aromatic carbocycles. The van der Waals surface area contributed by atoms with E-state index in [2.05, 4.69) is 76.0 Å². The number of imidazole rings is 1. The minimum absolute atomic E-state index is 0.226. The van der Waals surface area contributed by atoms with Crippen molar-refractivity contribution in [3.8, 4) is 11.4 Å². The van der Waals surface area contributed by atoms with Crippen LogP contribution in [0.25, 0.3) is 22.4 Å². The molecule has 0 bridgehead atoms. The van der Waals surface area contributed by atoms with Gasteiger partial charge in [-0.1, -0.05) is 45.9 Å². The molecule has 24 heavy (non-hydrogen) atoms. The fourth-order valence-corrected chi connectivity index (χ4v) is 4.00. The van der Waals surface area contributed by atoms with Crippen molar-refractivity contribution >= 4 is 11.0 Å². The van der Waals surface area contributed by atoms with E-state index in [0.29, 0.717) is 0 Å². The van der Waals surface area contributed by atoms with E-state index < -0.39 is 0 Å². The zero-order valence-corrected chi connectivity index (χ0v) is 15.3. The summed E-state index contributed by atoms with van der Waals surface area (Å²) in [6.07, 6.45) is 2.48. The van der Waals surface area contributed by atoms with Crippen molar-refractivity contribution in [3.63, 3.8) is 0 Å². The molecule has 0 saturated carbocycles. The van der Waals surface area contributed by atoms with Crippen LogP contribution in [-0.4, -0.2) is 9.97 Å². The summed E-state index contributed by atoms with van der Waals surface area (Å²) in [7, 11) is 0. The maximum absolute atomic E-state index is 4.80. The van der Waals surface area contributed by atoms with E-state index in [1.54, 1.807) is 0 Å². The molecule has 124 valence electrons.